The Morgan fingerprint density at radius 2 is 1.61 bits per heavy atom. The van der Waals surface area contributed by atoms with E-state index >= 15 is 0 Å². The second kappa shape index (κ2) is 8.14. The maximum Gasteiger partial charge on any atom is 0.171 e. The van der Waals surface area contributed by atoms with Crippen molar-refractivity contribution in [1.82, 2.24) is 5.32 Å². The first-order valence-corrected chi connectivity index (χ1v) is 9.51. The Balaban J connectivity index is 2.16. The van der Waals surface area contributed by atoms with Crippen LogP contribution >= 0.6 is 12.2 Å². The molecular weight excluding hydrogens is 300 g/mol. The van der Waals surface area contributed by atoms with Crippen molar-refractivity contribution in [3.8, 4) is 0 Å². The molecule has 2 nitrogen and oxygen atoms in total. The quantitative estimate of drug-likeness (QED) is 0.682. The molecule has 1 saturated carbocycles. The van der Waals surface area contributed by atoms with Crippen molar-refractivity contribution in [1.29, 1.82) is 0 Å². The molecule has 0 spiro atoms. The van der Waals surface area contributed by atoms with Crippen molar-refractivity contribution in [2.24, 2.45) is 5.92 Å². The normalized spacial score (nSPS) is 21.5. The zero-order valence-electron chi connectivity index (χ0n) is 15.3. The van der Waals surface area contributed by atoms with Gasteiger partial charge in [-0.3, -0.25) is 0 Å². The summed E-state index contributed by atoms with van der Waals surface area (Å²) >= 11 is 5.64. The molecule has 1 aromatic carbocycles. The van der Waals surface area contributed by atoms with E-state index in [-0.39, 0.29) is 0 Å². The third kappa shape index (κ3) is 4.69. The molecule has 0 amide bonds. The van der Waals surface area contributed by atoms with Crippen molar-refractivity contribution >= 4 is 23.0 Å². The molecule has 0 radical (unpaired) electrons. The average Bonchev–Trinajstić information content (AvgIpc) is 2.49. The summed E-state index contributed by atoms with van der Waals surface area (Å²) in [5.41, 5.74) is 3.90. The van der Waals surface area contributed by atoms with E-state index in [2.05, 4.69) is 63.5 Å². The number of rotatable bonds is 4. The van der Waals surface area contributed by atoms with Gasteiger partial charge in [0.2, 0.25) is 0 Å². The highest BCUT2D eigenvalue weighted by atomic mass is 32.1. The largest absolute Gasteiger partial charge is 0.359 e. The number of hydrogen-bond donors (Lipinski definition) is 2. The van der Waals surface area contributed by atoms with Crippen LogP contribution in [0.1, 0.15) is 83.3 Å². The van der Waals surface area contributed by atoms with Crippen molar-refractivity contribution < 1.29 is 0 Å². The van der Waals surface area contributed by atoms with Crippen molar-refractivity contribution in [2.75, 3.05) is 5.32 Å². The van der Waals surface area contributed by atoms with E-state index in [0.29, 0.717) is 23.8 Å². The highest BCUT2D eigenvalue weighted by Gasteiger charge is 2.22. The Labute approximate surface area is 147 Å². The van der Waals surface area contributed by atoms with Gasteiger partial charge in [0.1, 0.15) is 0 Å². The van der Waals surface area contributed by atoms with Crippen LogP contribution in [0.25, 0.3) is 0 Å². The summed E-state index contributed by atoms with van der Waals surface area (Å²) in [7, 11) is 0. The second-order valence-corrected chi connectivity index (χ2v) is 8.00. The summed E-state index contributed by atoms with van der Waals surface area (Å²) in [6.07, 6.45) is 5.20. The fraction of sp³-hybridized carbons (Fsp3) is 0.650. The van der Waals surface area contributed by atoms with Gasteiger partial charge in [-0.2, -0.15) is 0 Å². The monoisotopic (exact) mass is 332 g/mol. The van der Waals surface area contributed by atoms with Gasteiger partial charge < -0.3 is 10.6 Å². The van der Waals surface area contributed by atoms with Crippen LogP contribution in [0, 0.1) is 5.92 Å². The fourth-order valence-electron chi connectivity index (χ4n) is 3.54. The first-order valence-electron chi connectivity index (χ1n) is 9.10. The zero-order chi connectivity index (χ0) is 17.0. The molecule has 2 N–H and O–H groups in total. The third-order valence-electron chi connectivity index (χ3n) is 5.04. The molecule has 1 aliphatic rings. The van der Waals surface area contributed by atoms with Crippen molar-refractivity contribution in [3.63, 3.8) is 0 Å². The lowest BCUT2D eigenvalue weighted by atomic mass is 9.86. The molecule has 1 fully saturated rings. The predicted octanol–water partition coefficient (Wildman–Crippen LogP) is 5.80. The molecule has 1 aromatic rings. The molecule has 2 atom stereocenters. The number of thiocarbonyl (C=S) groups is 1. The van der Waals surface area contributed by atoms with E-state index in [1.54, 1.807) is 0 Å². The molecule has 3 heteroatoms. The van der Waals surface area contributed by atoms with E-state index in [1.165, 1.54) is 42.5 Å². The van der Waals surface area contributed by atoms with Crippen LogP contribution in [0.5, 0.6) is 0 Å². The molecule has 0 aromatic heterocycles. The highest BCUT2D eigenvalue weighted by Crippen LogP contribution is 2.32. The Morgan fingerprint density at radius 3 is 2.13 bits per heavy atom. The SMILES string of the molecule is CC(C)c1cccc(C(C)C)c1NC(=S)NC1CCCCC1C. The van der Waals surface area contributed by atoms with E-state index in [9.17, 15) is 0 Å². The summed E-state index contributed by atoms with van der Waals surface area (Å²) in [5.74, 6) is 1.66. The maximum absolute atomic E-state index is 5.64. The van der Waals surface area contributed by atoms with Crippen LogP contribution in [0.15, 0.2) is 18.2 Å². The van der Waals surface area contributed by atoms with Gasteiger partial charge >= 0.3 is 0 Å². The Hall–Kier alpha value is -1.09. The molecule has 23 heavy (non-hydrogen) atoms. The van der Waals surface area contributed by atoms with E-state index in [0.717, 1.165) is 5.11 Å². The average molecular weight is 333 g/mol. The minimum atomic E-state index is 0.479. The predicted molar refractivity (Wildman–Crippen MR) is 105 cm³/mol. The molecule has 0 bridgehead atoms. The minimum absolute atomic E-state index is 0.479. The molecule has 0 saturated heterocycles. The molecule has 0 aliphatic heterocycles. The third-order valence-corrected chi connectivity index (χ3v) is 5.26. The lowest BCUT2D eigenvalue weighted by Crippen LogP contribution is -2.43. The molecule has 2 unspecified atom stereocenters. The standard InChI is InChI=1S/C20H32N2S/c1-13(2)16-10-8-11-17(14(3)4)19(16)22-20(23)21-18-12-7-6-9-15(18)5/h8,10-11,13-15,18H,6-7,9,12H2,1-5H3,(H2,21,22,23). The number of para-hydroxylation sites is 1. The van der Waals surface area contributed by atoms with Gasteiger partial charge in [-0.1, -0.05) is 65.7 Å². The number of nitrogens with one attached hydrogen (secondary N) is 2. The van der Waals surface area contributed by atoms with E-state index < -0.39 is 0 Å². The zero-order valence-corrected chi connectivity index (χ0v) is 16.1. The summed E-state index contributed by atoms with van der Waals surface area (Å²) < 4.78 is 0. The smallest absolute Gasteiger partial charge is 0.171 e. The van der Waals surface area contributed by atoms with Gasteiger partial charge in [-0.05, 0) is 53.9 Å². The maximum atomic E-state index is 5.64. The minimum Gasteiger partial charge on any atom is -0.359 e. The van der Waals surface area contributed by atoms with E-state index in [1.807, 2.05) is 0 Å². The van der Waals surface area contributed by atoms with Gasteiger partial charge in [-0.25, -0.2) is 0 Å². The van der Waals surface area contributed by atoms with Gasteiger partial charge in [0.05, 0.1) is 0 Å². The highest BCUT2D eigenvalue weighted by molar-refractivity contribution is 7.80. The topological polar surface area (TPSA) is 24.1 Å². The Bertz CT molecular complexity index is 510. The number of anilines is 1. The summed E-state index contributed by atoms with van der Waals surface area (Å²) in [5, 5.41) is 7.88. The van der Waals surface area contributed by atoms with Gasteiger partial charge in [0.15, 0.2) is 5.11 Å². The summed E-state index contributed by atoms with van der Waals surface area (Å²) in [6.45, 7) is 11.3. The van der Waals surface area contributed by atoms with Crippen molar-refractivity contribution in [3.05, 3.63) is 29.3 Å². The van der Waals surface area contributed by atoms with Crippen LogP contribution in [-0.4, -0.2) is 11.2 Å². The van der Waals surface area contributed by atoms with Gasteiger partial charge in [-0.15, -0.1) is 0 Å². The van der Waals surface area contributed by atoms with Gasteiger partial charge in [0, 0.05) is 11.7 Å². The summed E-state index contributed by atoms with van der Waals surface area (Å²) in [4.78, 5) is 0. The first-order chi connectivity index (χ1) is 10.9. The lowest BCUT2D eigenvalue weighted by Gasteiger charge is -2.31. The van der Waals surface area contributed by atoms with Crippen LogP contribution in [0.2, 0.25) is 0 Å². The molecule has 128 valence electrons. The Morgan fingerprint density at radius 1 is 1.04 bits per heavy atom. The van der Waals surface area contributed by atoms with Gasteiger partial charge in [0.25, 0.3) is 0 Å². The Kier molecular flexibility index (Phi) is 6.46. The number of hydrogen-bond acceptors (Lipinski definition) is 1. The first kappa shape index (κ1) is 18.3. The van der Waals surface area contributed by atoms with Crippen LogP contribution < -0.4 is 10.6 Å². The van der Waals surface area contributed by atoms with Crippen LogP contribution in [0.3, 0.4) is 0 Å². The number of benzene rings is 1. The lowest BCUT2D eigenvalue weighted by molar-refractivity contribution is 0.309. The van der Waals surface area contributed by atoms with Crippen LogP contribution in [0.4, 0.5) is 5.69 Å². The van der Waals surface area contributed by atoms with Crippen molar-refractivity contribution in [2.45, 2.75) is 78.2 Å². The van der Waals surface area contributed by atoms with E-state index in [4.69, 9.17) is 12.2 Å². The van der Waals surface area contributed by atoms with Crippen LogP contribution in [-0.2, 0) is 0 Å². The molecule has 1 aliphatic carbocycles. The molecule has 0 heterocycles. The molecular formula is C20H32N2S. The molecule has 2 rings (SSSR count). The fourth-order valence-corrected chi connectivity index (χ4v) is 3.80. The summed E-state index contributed by atoms with van der Waals surface area (Å²) in [6, 6.07) is 7.10. The second-order valence-electron chi connectivity index (χ2n) is 7.59.